The molecule has 1 aliphatic rings. The molecule has 1 N–H and O–H groups in total. The molecule has 2 unspecified atom stereocenters. The number of ether oxygens (including phenoxy) is 4. The normalized spacial score (nSPS) is 17.3. The van der Waals surface area contributed by atoms with E-state index >= 15 is 0 Å². The van der Waals surface area contributed by atoms with Crippen LogP contribution in [0.1, 0.15) is 44.2 Å². The summed E-state index contributed by atoms with van der Waals surface area (Å²) in [5.74, 6) is -0.912. The van der Waals surface area contributed by atoms with E-state index in [0.717, 1.165) is 37.0 Å². The number of esters is 1. The van der Waals surface area contributed by atoms with E-state index in [2.05, 4.69) is 12.2 Å². The molecule has 1 aliphatic heterocycles. The largest absolute Gasteiger partial charge is 0.454 e. The highest BCUT2D eigenvalue weighted by molar-refractivity contribution is 5.81. The first-order chi connectivity index (χ1) is 13.6. The topological polar surface area (TPSA) is 83.1 Å². The average molecular weight is 393 g/mol. The number of amides is 1. The van der Waals surface area contributed by atoms with Crippen molar-refractivity contribution >= 4 is 11.9 Å². The minimum absolute atomic E-state index is 0.0416. The van der Waals surface area contributed by atoms with Crippen molar-refractivity contribution in [3.63, 3.8) is 0 Å². The second-order valence-corrected chi connectivity index (χ2v) is 6.82. The standard InChI is InChI=1S/C21H31NO6/c1-3-10-25-13-18-8-5-4-7-17(18)12-22-20(23)15-28-21(24)16(2)27-14-19-9-6-11-26-19/h4-5,7-8,16,19H,3,6,9-15H2,1-2H3,(H,22,23). The molecule has 7 nitrogen and oxygen atoms in total. The van der Waals surface area contributed by atoms with Gasteiger partial charge in [-0.1, -0.05) is 31.2 Å². The van der Waals surface area contributed by atoms with Crippen LogP contribution in [0, 0.1) is 0 Å². The maximum atomic E-state index is 12.0. The fourth-order valence-corrected chi connectivity index (χ4v) is 2.79. The van der Waals surface area contributed by atoms with Gasteiger partial charge >= 0.3 is 5.97 Å². The lowest BCUT2D eigenvalue weighted by Crippen LogP contribution is -2.32. The molecule has 0 bridgehead atoms. The van der Waals surface area contributed by atoms with E-state index in [9.17, 15) is 9.59 Å². The summed E-state index contributed by atoms with van der Waals surface area (Å²) >= 11 is 0. The van der Waals surface area contributed by atoms with Crippen LogP contribution in [-0.4, -0.2) is 50.5 Å². The summed E-state index contributed by atoms with van der Waals surface area (Å²) in [7, 11) is 0. The minimum Gasteiger partial charge on any atom is -0.454 e. The van der Waals surface area contributed by atoms with Crippen LogP contribution in [0.15, 0.2) is 24.3 Å². The van der Waals surface area contributed by atoms with Gasteiger partial charge in [0, 0.05) is 19.8 Å². The second-order valence-electron chi connectivity index (χ2n) is 6.82. The highest BCUT2D eigenvalue weighted by atomic mass is 16.6. The third-order valence-corrected chi connectivity index (χ3v) is 4.43. The van der Waals surface area contributed by atoms with Crippen LogP contribution in [0.3, 0.4) is 0 Å². The zero-order valence-electron chi connectivity index (χ0n) is 16.8. The van der Waals surface area contributed by atoms with Crippen LogP contribution in [0.4, 0.5) is 0 Å². The Hall–Kier alpha value is -1.96. The SMILES string of the molecule is CCCOCc1ccccc1CNC(=O)COC(=O)C(C)OCC1CCCO1. The highest BCUT2D eigenvalue weighted by Crippen LogP contribution is 2.13. The molecule has 0 aliphatic carbocycles. The zero-order chi connectivity index (χ0) is 20.2. The molecule has 1 heterocycles. The molecule has 1 fully saturated rings. The van der Waals surface area contributed by atoms with E-state index in [-0.39, 0.29) is 18.6 Å². The van der Waals surface area contributed by atoms with Crippen molar-refractivity contribution in [3.8, 4) is 0 Å². The molecule has 1 saturated heterocycles. The summed E-state index contributed by atoms with van der Waals surface area (Å²) in [5.41, 5.74) is 2.01. The monoisotopic (exact) mass is 393 g/mol. The molecule has 1 amide bonds. The van der Waals surface area contributed by atoms with E-state index in [1.54, 1.807) is 6.92 Å². The van der Waals surface area contributed by atoms with Crippen molar-refractivity contribution in [2.75, 3.05) is 26.4 Å². The fraction of sp³-hybridized carbons (Fsp3) is 0.619. The van der Waals surface area contributed by atoms with Crippen LogP contribution in [0.25, 0.3) is 0 Å². The molecular weight excluding hydrogens is 362 g/mol. The van der Waals surface area contributed by atoms with Gasteiger partial charge in [0.05, 0.1) is 19.3 Å². The van der Waals surface area contributed by atoms with E-state index in [1.807, 2.05) is 24.3 Å². The quantitative estimate of drug-likeness (QED) is 0.434. The van der Waals surface area contributed by atoms with Gasteiger partial charge in [-0.25, -0.2) is 4.79 Å². The molecule has 7 heteroatoms. The third-order valence-electron chi connectivity index (χ3n) is 4.43. The Morgan fingerprint density at radius 3 is 2.79 bits per heavy atom. The molecule has 0 spiro atoms. The Kier molecular flexibility index (Phi) is 9.96. The summed E-state index contributed by atoms with van der Waals surface area (Å²) in [5, 5.41) is 2.77. The first-order valence-corrected chi connectivity index (χ1v) is 9.91. The number of hydrogen-bond donors (Lipinski definition) is 1. The van der Waals surface area contributed by atoms with E-state index in [0.29, 0.717) is 26.4 Å². The molecule has 0 aromatic heterocycles. The van der Waals surface area contributed by atoms with Gasteiger partial charge in [0.2, 0.25) is 0 Å². The second kappa shape index (κ2) is 12.5. The van der Waals surface area contributed by atoms with Gasteiger partial charge < -0.3 is 24.3 Å². The van der Waals surface area contributed by atoms with Crippen LogP contribution >= 0.6 is 0 Å². The average Bonchev–Trinajstić information content (AvgIpc) is 3.23. The summed E-state index contributed by atoms with van der Waals surface area (Å²) < 4.78 is 21.5. The van der Waals surface area contributed by atoms with Crippen molar-refractivity contribution in [2.45, 2.75) is 58.5 Å². The molecule has 1 aromatic carbocycles. The first kappa shape index (κ1) is 22.3. The lowest BCUT2D eigenvalue weighted by atomic mass is 10.1. The van der Waals surface area contributed by atoms with Gasteiger partial charge in [-0.15, -0.1) is 0 Å². The Morgan fingerprint density at radius 2 is 2.07 bits per heavy atom. The van der Waals surface area contributed by atoms with Crippen LogP contribution < -0.4 is 5.32 Å². The Labute approximate surface area is 166 Å². The molecule has 156 valence electrons. The molecular formula is C21H31NO6. The van der Waals surface area contributed by atoms with Gasteiger partial charge in [0.25, 0.3) is 5.91 Å². The number of carbonyl (C=O) groups is 2. The Balaban J connectivity index is 1.67. The summed E-state index contributed by atoms with van der Waals surface area (Å²) in [6.45, 7) is 6.00. The number of benzene rings is 1. The lowest BCUT2D eigenvalue weighted by molar-refractivity contribution is -0.160. The highest BCUT2D eigenvalue weighted by Gasteiger charge is 2.21. The maximum absolute atomic E-state index is 12.0. The predicted molar refractivity (Wildman–Crippen MR) is 104 cm³/mol. The molecule has 1 aromatic rings. The van der Waals surface area contributed by atoms with E-state index in [1.165, 1.54) is 0 Å². The van der Waals surface area contributed by atoms with Crippen LogP contribution in [-0.2, 0) is 41.7 Å². The number of carbonyl (C=O) groups excluding carboxylic acids is 2. The van der Waals surface area contributed by atoms with Gasteiger partial charge in [-0.2, -0.15) is 0 Å². The Bertz CT molecular complexity index is 615. The fourth-order valence-electron chi connectivity index (χ4n) is 2.79. The van der Waals surface area contributed by atoms with Crippen molar-refractivity contribution in [3.05, 3.63) is 35.4 Å². The lowest BCUT2D eigenvalue weighted by Gasteiger charge is -2.15. The third kappa shape index (κ3) is 7.96. The van der Waals surface area contributed by atoms with Gasteiger partial charge in [-0.3, -0.25) is 4.79 Å². The van der Waals surface area contributed by atoms with Crippen LogP contribution in [0.2, 0.25) is 0 Å². The van der Waals surface area contributed by atoms with Crippen molar-refractivity contribution < 1.29 is 28.5 Å². The smallest absolute Gasteiger partial charge is 0.335 e. The van der Waals surface area contributed by atoms with Gasteiger partial charge in [0.1, 0.15) is 0 Å². The van der Waals surface area contributed by atoms with Gasteiger partial charge in [0.15, 0.2) is 12.7 Å². The number of hydrogen-bond acceptors (Lipinski definition) is 6. The first-order valence-electron chi connectivity index (χ1n) is 9.91. The molecule has 0 saturated carbocycles. The van der Waals surface area contributed by atoms with Crippen molar-refractivity contribution in [1.29, 1.82) is 0 Å². The van der Waals surface area contributed by atoms with Crippen LogP contribution in [0.5, 0.6) is 0 Å². The van der Waals surface area contributed by atoms with Crippen molar-refractivity contribution in [1.82, 2.24) is 5.32 Å². The maximum Gasteiger partial charge on any atom is 0.335 e. The summed E-state index contributed by atoms with van der Waals surface area (Å²) in [4.78, 5) is 23.9. The van der Waals surface area contributed by atoms with E-state index in [4.69, 9.17) is 18.9 Å². The zero-order valence-corrected chi connectivity index (χ0v) is 16.8. The van der Waals surface area contributed by atoms with Crippen molar-refractivity contribution in [2.24, 2.45) is 0 Å². The predicted octanol–water partition coefficient (Wildman–Crippen LogP) is 2.36. The molecule has 2 atom stereocenters. The molecule has 0 radical (unpaired) electrons. The molecule has 28 heavy (non-hydrogen) atoms. The number of nitrogens with one attached hydrogen (secondary N) is 1. The van der Waals surface area contributed by atoms with E-state index < -0.39 is 12.1 Å². The summed E-state index contributed by atoms with van der Waals surface area (Å²) in [6, 6.07) is 7.77. The minimum atomic E-state index is -0.728. The number of rotatable bonds is 12. The Morgan fingerprint density at radius 1 is 1.29 bits per heavy atom. The summed E-state index contributed by atoms with van der Waals surface area (Å²) in [6.07, 6.45) is 2.23. The van der Waals surface area contributed by atoms with Gasteiger partial charge in [-0.05, 0) is 37.3 Å². The molecule has 2 rings (SSSR count).